The molecule has 0 saturated heterocycles. The van der Waals surface area contributed by atoms with Gasteiger partial charge < -0.3 is 4.52 Å². The number of hydrogen-bond donors (Lipinski definition) is 0. The van der Waals surface area contributed by atoms with Crippen LogP contribution in [0.4, 0.5) is 4.39 Å². The zero-order valence-corrected chi connectivity index (χ0v) is 14.5. The molecule has 24 heavy (non-hydrogen) atoms. The van der Waals surface area contributed by atoms with Crippen LogP contribution in [-0.2, 0) is 0 Å². The van der Waals surface area contributed by atoms with Gasteiger partial charge in [0.05, 0.1) is 10.2 Å². The van der Waals surface area contributed by atoms with E-state index in [9.17, 15) is 4.39 Å². The first-order valence-electron chi connectivity index (χ1n) is 7.08. The van der Waals surface area contributed by atoms with Gasteiger partial charge in [0.2, 0.25) is 5.50 Å². The summed E-state index contributed by atoms with van der Waals surface area (Å²) in [6.45, 7) is 0. The van der Waals surface area contributed by atoms with Crippen molar-refractivity contribution in [2.45, 2.75) is 9.84 Å². The van der Waals surface area contributed by atoms with Crippen molar-refractivity contribution in [1.29, 1.82) is 0 Å². The largest absolute Gasteiger partial charge is 0.357 e. The summed E-state index contributed by atoms with van der Waals surface area (Å²) in [5.41, 5.74) is 0.903. The third-order valence-electron chi connectivity index (χ3n) is 3.36. The summed E-state index contributed by atoms with van der Waals surface area (Å²) in [4.78, 5) is 4.40. The molecule has 2 aromatic heterocycles. The fraction of sp³-hybridized carbons (Fsp3) is 0.0588. The molecule has 4 aromatic rings. The van der Waals surface area contributed by atoms with Gasteiger partial charge in [0, 0.05) is 16.7 Å². The summed E-state index contributed by atoms with van der Waals surface area (Å²) in [5.74, 6) is 0.177. The lowest BCUT2D eigenvalue weighted by molar-refractivity contribution is 0.324. The van der Waals surface area contributed by atoms with Gasteiger partial charge in [-0.25, -0.2) is 9.37 Å². The van der Waals surface area contributed by atoms with Crippen molar-refractivity contribution in [3.8, 4) is 11.3 Å². The van der Waals surface area contributed by atoms with Crippen molar-refractivity contribution in [3.05, 3.63) is 65.4 Å². The van der Waals surface area contributed by atoms with E-state index in [-0.39, 0.29) is 5.76 Å². The van der Waals surface area contributed by atoms with E-state index in [0.29, 0.717) is 15.1 Å². The fourth-order valence-electron chi connectivity index (χ4n) is 2.22. The Kier molecular flexibility index (Phi) is 4.26. The number of thiazole rings is 1. The molecule has 3 nitrogen and oxygen atoms in total. The lowest BCUT2D eigenvalue weighted by atomic mass is 10.1. The Balaban J connectivity index is 1.55. The first-order chi connectivity index (χ1) is 11.7. The average molecular weight is 377 g/mol. The molecule has 0 aliphatic heterocycles. The Labute approximate surface area is 150 Å². The molecule has 0 N–H and O–H groups in total. The molecular weight excluding hydrogens is 367 g/mol. The molecule has 0 saturated carbocycles. The highest BCUT2D eigenvalue weighted by atomic mass is 35.5. The van der Waals surface area contributed by atoms with Gasteiger partial charge in [-0.3, -0.25) is 0 Å². The molecule has 1 unspecified atom stereocenters. The van der Waals surface area contributed by atoms with Gasteiger partial charge >= 0.3 is 0 Å². The average Bonchev–Trinajstić information content (AvgIpc) is 3.22. The maximum atomic E-state index is 14.5. The van der Waals surface area contributed by atoms with E-state index in [1.165, 1.54) is 11.3 Å². The third kappa shape index (κ3) is 3.17. The Bertz CT molecular complexity index is 987. The Hall–Kier alpha value is -1.89. The second-order valence-corrected chi connectivity index (χ2v) is 7.77. The number of benzene rings is 2. The van der Waals surface area contributed by atoms with Crippen LogP contribution in [0.2, 0.25) is 5.02 Å². The van der Waals surface area contributed by atoms with Gasteiger partial charge in [-0.15, -0.1) is 11.3 Å². The highest BCUT2D eigenvalue weighted by Crippen LogP contribution is 2.41. The van der Waals surface area contributed by atoms with E-state index < -0.39 is 5.50 Å². The maximum absolute atomic E-state index is 14.5. The van der Waals surface area contributed by atoms with Crippen LogP contribution in [0.15, 0.2) is 63.5 Å². The van der Waals surface area contributed by atoms with E-state index in [0.717, 1.165) is 27.5 Å². The molecule has 7 heteroatoms. The number of aromatic nitrogens is 2. The van der Waals surface area contributed by atoms with E-state index in [1.807, 2.05) is 36.4 Å². The number of fused-ring (bicyclic) bond motifs is 1. The SMILES string of the molecule is FC(Sc1nc2cc(Cl)ccc2s1)c1cc(-c2ccccc2)no1. The monoisotopic (exact) mass is 376 g/mol. The van der Waals surface area contributed by atoms with E-state index in [2.05, 4.69) is 10.1 Å². The molecule has 4 rings (SSSR count). The number of halogens is 2. The molecule has 1 atom stereocenters. The lowest BCUT2D eigenvalue weighted by Gasteiger charge is -1.99. The van der Waals surface area contributed by atoms with Gasteiger partial charge in [0.25, 0.3) is 0 Å². The summed E-state index contributed by atoms with van der Waals surface area (Å²) in [7, 11) is 0. The van der Waals surface area contributed by atoms with Gasteiger partial charge in [-0.1, -0.05) is 47.1 Å². The Morgan fingerprint density at radius 2 is 1.96 bits per heavy atom. The number of thioether (sulfide) groups is 1. The summed E-state index contributed by atoms with van der Waals surface area (Å²) < 4.78 is 21.3. The van der Waals surface area contributed by atoms with Crippen LogP contribution in [0.5, 0.6) is 0 Å². The second kappa shape index (κ2) is 6.55. The normalized spacial score (nSPS) is 12.6. The zero-order valence-electron chi connectivity index (χ0n) is 12.1. The zero-order chi connectivity index (χ0) is 16.5. The van der Waals surface area contributed by atoms with Gasteiger partial charge in [-0.05, 0) is 30.0 Å². The topological polar surface area (TPSA) is 38.9 Å². The van der Waals surface area contributed by atoms with Gasteiger partial charge in [0.1, 0.15) is 5.69 Å². The fourth-order valence-corrected chi connectivity index (χ4v) is 4.33. The van der Waals surface area contributed by atoms with E-state index in [4.69, 9.17) is 16.1 Å². The standard InChI is InChI=1S/C17H10ClFN2OS2/c18-11-6-7-15-13(8-11)20-17(23-15)24-16(19)14-9-12(21-22-14)10-4-2-1-3-5-10/h1-9,16H. The van der Waals surface area contributed by atoms with Crippen molar-refractivity contribution >= 4 is 44.9 Å². The van der Waals surface area contributed by atoms with Crippen LogP contribution < -0.4 is 0 Å². The van der Waals surface area contributed by atoms with Crippen LogP contribution in [0, 0.1) is 0 Å². The summed E-state index contributed by atoms with van der Waals surface area (Å²) >= 11 is 8.38. The smallest absolute Gasteiger partial charge is 0.212 e. The Morgan fingerprint density at radius 1 is 1.12 bits per heavy atom. The first-order valence-corrected chi connectivity index (χ1v) is 9.15. The number of alkyl halides is 1. The summed E-state index contributed by atoms with van der Waals surface area (Å²) in [6, 6.07) is 16.6. The minimum atomic E-state index is -1.37. The van der Waals surface area contributed by atoms with Crippen LogP contribution in [-0.4, -0.2) is 10.1 Å². The minimum Gasteiger partial charge on any atom is -0.357 e. The summed E-state index contributed by atoms with van der Waals surface area (Å²) in [6.07, 6.45) is 0. The van der Waals surface area contributed by atoms with Gasteiger partial charge in [-0.2, -0.15) is 0 Å². The van der Waals surface area contributed by atoms with Crippen molar-refractivity contribution in [3.63, 3.8) is 0 Å². The van der Waals surface area contributed by atoms with Crippen molar-refractivity contribution in [2.75, 3.05) is 0 Å². The molecule has 120 valence electrons. The van der Waals surface area contributed by atoms with Crippen molar-refractivity contribution in [2.24, 2.45) is 0 Å². The number of hydrogen-bond acceptors (Lipinski definition) is 5. The predicted octanol–water partition coefficient (Wildman–Crippen LogP) is 6.37. The van der Waals surface area contributed by atoms with Crippen LogP contribution in [0.25, 0.3) is 21.5 Å². The molecule has 0 spiro atoms. The third-order valence-corrected chi connectivity index (χ3v) is 5.69. The molecule has 2 aromatic carbocycles. The Morgan fingerprint density at radius 3 is 2.79 bits per heavy atom. The lowest BCUT2D eigenvalue weighted by Crippen LogP contribution is -1.82. The number of nitrogens with zero attached hydrogens (tertiary/aromatic N) is 2. The molecule has 0 amide bonds. The van der Waals surface area contributed by atoms with E-state index >= 15 is 0 Å². The van der Waals surface area contributed by atoms with Crippen molar-refractivity contribution < 1.29 is 8.91 Å². The predicted molar refractivity (Wildman–Crippen MR) is 96.3 cm³/mol. The second-order valence-electron chi connectivity index (χ2n) is 5.01. The summed E-state index contributed by atoms with van der Waals surface area (Å²) in [5, 5.41) is 4.56. The molecule has 0 aliphatic rings. The van der Waals surface area contributed by atoms with Crippen LogP contribution >= 0.6 is 34.7 Å². The van der Waals surface area contributed by atoms with Crippen molar-refractivity contribution in [1.82, 2.24) is 10.1 Å². The first kappa shape index (κ1) is 15.6. The maximum Gasteiger partial charge on any atom is 0.212 e. The van der Waals surface area contributed by atoms with Gasteiger partial charge in [0.15, 0.2) is 10.1 Å². The highest BCUT2D eigenvalue weighted by Gasteiger charge is 2.20. The quantitative estimate of drug-likeness (QED) is 0.388. The molecule has 2 heterocycles. The molecule has 0 fully saturated rings. The number of rotatable bonds is 4. The minimum absolute atomic E-state index is 0.177. The van der Waals surface area contributed by atoms with Crippen LogP contribution in [0.3, 0.4) is 0 Å². The molecule has 0 bridgehead atoms. The van der Waals surface area contributed by atoms with E-state index in [1.54, 1.807) is 18.2 Å². The van der Waals surface area contributed by atoms with Crippen LogP contribution in [0.1, 0.15) is 11.3 Å². The molecule has 0 radical (unpaired) electrons. The highest BCUT2D eigenvalue weighted by molar-refractivity contribution is 8.01. The molecular formula is C17H10ClFN2OS2. The molecule has 0 aliphatic carbocycles.